The Labute approximate surface area is 165 Å². The van der Waals surface area contributed by atoms with Crippen LogP contribution in [-0.2, 0) is 7.05 Å². The summed E-state index contributed by atoms with van der Waals surface area (Å²) in [6.07, 6.45) is 2.32. The lowest BCUT2D eigenvalue weighted by Crippen LogP contribution is -2.60. The summed E-state index contributed by atoms with van der Waals surface area (Å²) in [5.41, 5.74) is 3.61. The van der Waals surface area contributed by atoms with Gasteiger partial charge in [-0.3, -0.25) is 14.4 Å². The van der Waals surface area contributed by atoms with Crippen LogP contribution in [0.4, 0.5) is 4.39 Å². The number of likely N-dealkylation sites (tertiary alicyclic amines) is 1. The zero-order chi connectivity index (χ0) is 19.6. The number of nitrogens with zero attached hydrogens (tertiary/aromatic N) is 4. The highest BCUT2D eigenvalue weighted by Gasteiger charge is 2.55. The zero-order valence-corrected chi connectivity index (χ0v) is 16.7. The fourth-order valence-electron chi connectivity index (χ4n) is 5.88. The van der Waals surface area contributed by atoms with Crippen molar-refractivity contribution >= 4 is 5.91 Å². The van der Waals surface area contributed by atoms with E-state index in [0.29, 0.717) is 18.5 Å². The highest BCUT2D eigenvalue weighted by atomic mass is 19.1. The Hall–Kier alpha value is -2.21. The van der Waals surface area contributed by atoms with Gasteiger partial charge in [0.2, 0.25) is 0 Å². The van der Waals surface area contributed by atoms with Crippen LogP contribution in [0.3, 0.4) is 0 Å². The maximum absolute atomic E-state index is 13.7. The van der Waals surface area contributed by atoms with Crippen LogP contribution in [-0.4, -0.2) is 57.2 Å². The Bertz CT molecular complexity index is 913. The number of aryl methyl sites for hydroxylation is 2. The molecule has 2 bridgehead atoms. The molecule has 5 nitrogen and oxygen atoms in total. The fourth-order valence-corrected chi connectivity index (χ4v) is 5.88. The molecular formula is C22H27FN4O. The molecule has 3 atom stereocenters. The number of rotatable bonds is 2. The predicted molar refractivity (Wildman–Crippen MR) is 105 cm³/mol. The van der Waals surface area contributed by atoms with Gasteiger partial charge in [-0.25, -0.2) is 4.39 Å². The third kappa shape index (κ3) is 2.54. The first-order valence-electron chi connectivity index (χ1n) is 10.3. The second-order valence-corrected chi connectivity index (χ2v) is 8.64. The quantitative estimate of drug-likeness (QED) is 0.802. The molecule has 0 saturated carbocycles. The van der Waals surface area contributed by atoms with Crippen molar-refractivity contribution < 1.29 is 9.18 Å². The van der Waals surface area contributed by atoms with Gasteiger partial charge in [0.1, 0.15) is 5.82 Å². The second-order valence-electron chi connectivity index (χ2n) is 8.64. The van der Waals surface area contributed by atoms with E-state index in [1.54, 1.807) is 16.8 Å². The van der Waals surface area contributed by atoms with Crippen LogP contribution in [0.15, 0.2) is 24.3 Å². The molecule has 4 aliphatic heterocycles. The summed E-state index contributed by atoms with van der Waals surface area (Å²) < 4.78 is 15.3. The lowest BCUT2D eigenvalue weighted by Gasteiger charge is -2.51. The van der Waals surface area contributed by atoms with Crippen LogP contribution in [0, 0.1) is 25.6 Å². The molecule has 1 aromatic carbocycles. The number of piperidine rings is 3. The zero-order valence-electron chi connectivity index (χ0n) is 16.7. The van der Waals surface area contributed by atoms with Gasteiger partial charge in [-0.1, -0.05) is 12.1 Å². The predicted octanol–water partition coefficient (Wildman–Crippen LogP) is 2.88. The number of amides is 1. The first-order valence-corrected chi connectivity index (χ1v) is 10.3. The molecule has 0 aliphatic carbocycles. The topological polar surface area (TPSA) is 41.4 Å². The molecule has 2 aromatic rings. The van der Waals surface area contributed by atoms with Gasteiger partial charge in [0.05, 0.1) is 17.3 Å². The first-order chi connectivity index (χ1) is 13.5. The summed E-state index contributed by atoms with van der Waals surface area (Å²) in [6.45, 7) is 6.80. The number of fused-ring (bicyclic) bond motifs is 2. The first kappa shape index (κ1) is 17.9. The lowest BCUT2D eigenvalue weighted by molar-refractivity contribution is -0.00345. The second kappa shape index (κ2) is 6.41. The Morgan fingerprint density at radius 1 is 1.11 bits per heavy atom. The minimum absolute atomic E-state index is 0.108. The molecule has 4 aliphatic rings. The van der Waals surface area contributed by atoms with Crippen molar-refractivity contribution in [2.24, 2.45) is 13.0 Å². The molecule has 0 spiro atoms. The molecule has 0 radical (unpaired) electrons. The molecule has 0 N–H and O–H groups in total. The number of carbonyl (C=O) groups is 1. The van der Waals surface area contributed by atoms with E-state index in [2.05, 4.69) is 14.9 Å². The summed E-state index contributed by atoms with van der Waals surface area (Å²) in [5, 5.41) is 4.46. The third-order valence-electron chi connectivity index (χ3n) is 7.28. The van der Waals surface area contributed by atoms with Crippen LogP contribution in [0.1, 0.15) is 46.1 Å². The number of carbonyl (C=O) groups excluding carboxylic acids is 1. The fraction of sp³-hybridized carbons (Fsp3) is 0.545. The van der Waals surface area contributed by atoms with Crippen LogP contribution in [0.2, 0.25) is 0 Å². The number of halogens is 1. The minimum Gasteiger partial charge on any atom is -0.333 e. The summed E-state index contributed by atoms with van der Waals surface area (Å²) in [6, 6.07) is 7.45. The van der Waals surface area contributed by atoms with Gasteiger partial charge in [-0.15, -0.1) is 0 Å². The molecule has 148 valence electrons. The van der Waals surface area contributed by atoms with Crippen molar-refractivity contribution in [1.29, 1.82) is 0 Å². The highest BCUT2D eigenvalue weighted by molar-refractivity contribution is 5.97. The summed E-state index contributed by atoms with van der Waals surface area (Å²) in [5.74, 6) is 0.686. The van der Waals surface area contributed by atoms with Crippen molar-refractivity contribution in [2.45, 2.75) is 44.7 Å². The molecule has 4 fully saturated rings. The SMILES string of the molecule is Cc1nn(C)c(C)c1C(=O)N1C[C@@H](c2ccc(F)cc2)[C@@H]2[C@H]1C1CCN2CC1. The standard InChI is InChI=1S/C22H27FN4O/c1-13-19(14(2)25(3)24-13)22(28)27-12-18(15-4-6-17(23)7-5-15)21-20(27)16-8-10-26(21)11-9-16/h4-7,16,18,20-21H,8-12H2,1-3H3/t18-,20+,21+/m0/s1. The monoisotopic (exact) mass is 382 g/mol. The lowest BCUT2D eigenvalue weighted by atomic mass is 9.75. The average molecular weight is 382 g/mol. The van der Waals surface area contributed by atoms with Crippen molar-refractivity contribution in [3.63, 3.8) is 0 Å². The van der Waals surface area contributed by atoms with Crippen molar-refractivity contribution in [2.75, 3.05) is 19.6 Å². The number of hydrogen-bond donors (Lipinski definition) is 0. The van der Waals surface area contributed by atoms with E-state index in [1.807, 2.05) is 33.0 Å². The molecular weight excluding hydrogens is 355 g/mol. The van der Waals surface area contributed by atoms with Gasteiger partial charge in [0.25, 0.3) is 5.91 Å². The van der Waals surface area contributed by atoms with E-state index in [0.717, 1.165) is 48.4 Å². The number of aromatic nitrogens is 2. The van der Waals surface area contributed by atoms with E-state index in [-0.39, 0.29) is 23.7 Å². The molecule has 6 rings (SSSR count). The third-order valence-corrected chi connectivity index (χ3v) is 7.28. The Kier molecular flexibility index (Phi) is 4.09. The maximum atomic E-state index is 13.7. The van der Waals surface area contributed by atoms with Gasteiger partial charge >= 0.3 is 0 Å². The largest absolute Gasteiger partial charge is 0.333 e. The summed E-state index contributed by atoms with van der Waals surface area (Å²) >= 11 is 0. The van der Waals surface area contributed by atoms with Crippen molar-refractivity contribution in [3.05, 3.63) is 52.6 Å². The van der Waals surface area contributed by atoms with Gasteiger partial charge in [-0.05, 0) is 63.4 Å². The Morgan fingerprint density at radius 2 is 1.79 bits per heavy atom. The van der Waals surface area contributed by atoms with E-state index in [9.17, 15) is 9.18 Å². The molecule has 1 aromatic heterocycles. The van der Waals surface area contributed by atoms with Gasteiger partial charge in [0.15, 0.2) is 0 Å². The van der Waals surface area contributed by atoms with Gasteiger partial charge in [0, 0.05) is 31.2 Å². The van der Waals surface area contributed by atoms with Crippen LogP contribution < -0.4 is 0 Å². The normalized spacial score (nSPS) is 31.3. The van der Waals surface area contributed by atoms with Crippen LogP contribution >= 0.6 is 0 Å². The Morgan fingerprint density at radius 3 is 2.39 bits per heavy atom. The van der Waals surface area contributed by atoms with E-state index >= 15 is 0 Å². The molecule has 6 heteroatoms. The average Bonchev–Trinajstić information content (AvgIpc) is 3.23. The van der Waals surface area contributed by atoms with Crippen molar-refractivity contribution in [3.8, 4) is 0 Å². The summed E-state index contributed by atoms with van der Waals surface area (Å²) in [4.78, 5) is 18.3. The minimum atomic E-state index is -0.210. The molecule has 4 saturated heterocycles. The molecule has 28 heavy (non-hydrogen) atoms. The smallest absolute Gasteiger partial charge is 0.257 e. The number of benzene rings is 1. The molecule has 1 amide bonds. The summed E-state index contributed by atoms with van der Waals surface area (Å²) in [7, 11) is 1.89. The van der Waals surface area contributed by atoms with Crippen molar-refractivity contribution in [1.82, 2.24) is 19.6 Å². The molecule has 5 heterocycles. The van der Waals surface area contributed by atoms with Gasteiger partial charge in [-0.2, -0.15) is 5.10 Å². The van der Waals surface area contributed by atoms with E-state index in [4.69, 9.17) is 0 Å². The van der Waals surface area contributed by atoms with Gasteiger partial charge < -0.3 is 4.90 Å². The highest BCUT2D eigenvalue weighted by Crippen LogP contribution is 2.47. The molecule has 0 unspecified atom stereocenters. The van der Waals surface area contributed by atoms with Crippen LogP contribution in [0.25, 0.3) is 0 Å². The Balaban J connectivity index is 1.55. The van der Waals surface area contributed by atoms with Crippen LogP contribution in [0.5, 0.6) is 0 Å². The van der Waals surface area contributed by atoms with E-state index in [1.165, 1.54) is 0 Å². The van der Waals surface area contributed by atoms with E-state index < -0.39 is 0 Å². The number of hydrogen-bond acceptors (Lipinski definition) is 3. The maximum Gasteiger partial charge on any atom is 0.257 e.